The van der Waals surface area contributed by atoms with Crippen LogP contribution in [0.2, 0.25) is 0 Å². The third kappa shape index (κ3) is 4.61. The summed E-state index contributed by atoms with van der Waals surface area (Å²) in [6, 6.07) is 6.66. The number of ether oxygens (including phenoxy) is 2. The zero-order valence-electron chi connectivity index (χ0n) is 14.4. The highest BCUT2D eigenvalue weighted by Gasteiger charge is 2.21. The molecule has 4 heteroatoms. The summed E-state index contributed by atoms with van der Waals surface area (Å²) in [5.74, 6) is 2.37. The van der Waals surface area contributed by atoms with Gasteiger partial charge in [-0.05, 0) is 45.1 Å². The Morgan fingerprint density at radius 2 is 1.81 bits per heavy atom. The Morgan fingerprint density at radius 1 is 1.14 bits per heavy atom. The van der Waals surface area contributed by atoms with Crippen molar-refractivity contribution >= 4 is 0 Å². The van der Waals surface area contributed by atoms with Crippen LogP contribution in [-0.4, -0.2) is 45.8 Å². The van der Waals surface area contributed by atoms with E-state index in [1.165, 1.54) is 0 Å². The van der Waals surface area contributed by atoms with E-state index in [1.54, 1.807) is 14.2 Å². The second kappa shape index (κ2) is 8.25. The van der Waals surface area contributed by atoms with Crippen LogP contribution in [0.5, 0.6) is 11.5 Å². The molecule has 0 spiro atoms. The summed E-state index contributed by atoms with van der Waals surface area (Å²) in [6.07, 6.45) is 0. The van der Waals surface area contributed by atoms with Gasteiger partial charge in [0, 0.05) is 24.2 Å². The Morgan fingerprint density at radius 3 is 2.29 bits per heavy atom. The molecule has 2 unspecified atom stereocenters. The van der Waals surface area contributed by atoms with Crippen molar-refractivity contribution in [3.05, 3.63) is 23.8 Å². The van der Waals surface area contributed by atoms with Crippen LogP contribution in [0.25, 0.3) is 0 Å². The largest absolute Gasteiger partial charge is 0.497 e. The molecule has 0 aliphatic carbocycles. The van der Waals surface area contributed by atoms with Crippen LogP contribution in [0.3, 0.4) is 0 Å². The average molecular weight is 294 g/mol. The van der Waals surface area contributed by atoms with Crippen LogP contribution in [0.1, 0.15) is 32.4 Å². The molecule has 1 N–H and O–H groups in total. The minimum Gasteiger partial charge on any atom is -0.497 e. The van der Waals surface area contributed by atoms with Gasteiger partial charge in [0.05, 0.1) is 14.2 Å². The molecule has 1 aromatic rings. The van der Waals surface area contributed by atoms with E-state index in [1.807, 2.05) is 25.2 Å². The first kappa shape index (κ1) is 17.8. The van der Waals surface area contributed by atoms with Gasteiger partial charge in [-0.1, -0.05) is 13.8 Å². The molecule has 1 rings (SSSR count). The number of hydrogen-bond acceptors (Lipinski definition) is 4. The fourth-order valence-electron chi connectivity index (χ4n) is 2.42. The van der Waals surface area contributed by atoms with E-state index in [-0.39, 0.29) is 6.04 Å². The molecule has 0 bridgehead atoms. The highest BCUT2D eigenvalue weighted by Crippen LogP contribution is 2.30. The molecule has 0 heterocycles. The van der Waals surface area contributed by atoms with Crippen molar-refractivity contribution in [2.75, 3.05) is 34.9 Å². The maximum absolute atomic E-state index is 5.50. The van der Waals surface area contributed by atoms with E-state index in [0.29, 0.717) is 12.0 Å². The molecule has 0 saturated carbocycles. The summed E-state index contributed by atoms with van der Waals surface area (Å²) >= 11 is 0. The minimum atomic E-state index is 0.196. The van der Waals surface area contributed by atoms with Crippen molar-refractivity contribution in [2.24, 2.45) is 5.92 Å². The Balaban J connectivity index is 2.98. The van der Waals surface area contributed by atoms with Gasteiger partial charge in [-0.25, -0.2) is 0 Å². The van der Waals surface area contributed by atoms with Crippen molar-refractivity contribution in [3.8, 4) is 11.5 Å². The molecule has 0 fully saturated rings. The normalized spacial score (nSPS) is 14.3. The van der Waals surface area contributed by atoms with Gasteiger partial charge in [0.25, 0.3) is 0 Å². The Labute approximate surface area is 129 Å². The van der Waals surface area contributed by atoms with Gasteiger partial charge in [-0.2, -0.15) is 0 Å². The molecule has 0 saturated heterocycles. The lowest BCUT2D eigenvalue weighted by molar-refractivity contribution is 0.189. The third-order valence-electron chi connectivity index (χ3n) is 4.29. The molecular weight excluding hydrogens is 264 g/mol. The lowest BCUT2D eigenvalue weighted by Gasteiger charge is -2.32. The van der Waals surface area contributed by atoms with Gasteiger partial charge < -0.3 is 19.7 Å². The second-order valence-electron chi connectivity index (χ2n) is 5.87. The number of methoxy groups -OCH3 is 2. The maximum Gasteiger partial charge on any atom is 0.123 e. The van der Waals surface area contributed by atoms with Crippen LogP contribution in [0.4, 0.5) is 0 Å². The summed E-state index contributed by atoms with van der Waals surface area (Å²) in [6.45, 7) is 7.68. The molecule has 4 nitrogen and oxygen atoms in total. The summed E-state index contributed by atoms with van der Waals surface area (Å²) in [5.41, 5.74) is 1.13. The fraction of sp³-hybridized carbons (Fsp3) is 0.647. The standard InChI is InChI=1S/C17H30N2O2/c1-12(2)13(3)19(5)11-16(18-4)15-10-14(20-6)8-9-17(15)21-7/h8-10,12-13,16,18H,11H2,1-7H3. The maximum atomic E-state index is 5.50. The molecule has 0 radical (unpaired) electrons. The van der Waals surface area contributed by atoms with Crippen molar-refractivity contribution in [1.82, 2.24) is 10.2 Å². The Kier molecular flexibility index (Phi) is 6.99. The predicted octanol–water partition coefficient (Wildman–Crippen LogP) is 2.94. The molecule has 1 aromatic carbocycles. The summed E-state index contributed by atoms with van der Waals surface area (Å²) < 4.78 is 10.8. The fourth-order valence-corrected chi connectivity index (χ4v) is 2.42. The Bertz CT molecular complexity index is 435. The van der Waals surface area contributed by atoms with E-state index in [9.17, 15) is 0 Å². The molecule has 21 heavy (non-hydrogen) atoms. The zero-order chi connectivity index (χ0) is 16.0. The lowest BCUT2D eigenvalue weighted by atomic mass is 10.0. The van der Waals surface area contributed by atoms with Crippen LogP contribution in [-0.2, 0) is 0 Å². The van der Waals surface area contributed by atoms with Crippen LogP contribution >= 0.6 is 0 Å². The summed E-state index contributed by atoms with van der Waals surface area (Å²) in [7, 11) is 7.55. The van der Waals surface area contributed by atoms with Crippen LogP contribution in [0, 0.1) is 5.92 Å². The minimum absolute atomic E-state index is 0.196. The molecule has 0 aromatic heterocycles. The quantitative estimate of drug-likeness (QED) is 0.799. The number of rotatable bonds is 8. The highest BCUT2D eigenvalue weighted by atomic mass is 16.5. The topological polar surface area (TPSA) is 33.7 Å². The van der Waals surface area contributed by atoms with Gasteiger partial charge in [-0.3, -0.25) is 0 Å². The zero-order valence-corrected chi connectivity index (χ0v) is 14.4. The Hall–Kier alpha value is -1.26. The van der Waals surface area contributed by atoms with Crippen LogP contribution in [0.15, 0.2) is 18.2 Å². The molecular formula is C17H30N2O2. The van der Waals surface area contributed by atoms with Gasteiger partial charge >= 0.3 is 0 Å². The lowest BCUT2D eigenvalue weighted by Crippen LogP contribution is -2.39. The first-order valence-electron chi connectivity index (χ1n) is 7.54. The van der Waals surface area contributed by atoms with Crippen molar-refractivity contribution in [1.29, 1.82) is 0 Å². The van der Waals surface area contributed by atoms with Crippen molar-refractivity contribution < 1.29 is 9.47 Å². The highest BCUT2D eigenvalue weighted by molar-refractivity contribution is 5.42. The average Bonchev–Trinajstić information content (AvgIpc) is 2.50. The SMILES string of the molecule is CNC(CN(C)C(C)C(C)C)c1cc(OC)ccc1OC. The number of nitrogens with one attached hydrogen (secondary N) is 1. The summed E-state index contributed by atoms with van der Waals surface area (Å²) in [4.78, 5) is 2.38. The first-order valence-corrected chi connectivity index (χ1v) is 7.54. The third-order valence-corrected chi connectivity index (χ3v) is 4.29. The number of nitrogens with zero attached hydrogens (tertiary/aromatic N) is 1. The van der Waals surface area contributed by atoms with Gasteiger partial charge in [-0.15, -0.1) is 0 Å². The molecule has 0 aliphatic heterocycles. The monoisotopic (exact) mass is 294 g/mol. The van der Waals surface area contributed by atoms with Crippen molar-refractivity contribution in [2.45, 2.75) is 32.9 Å². The number of likely N-dealkylation sites (N-methyl/N-ethyl adjacent to an activating group) is 2. The smallest absolute Gasteiger partial charge is 0.123 e. The molecule has 0 aliphatic rings. The van der Waals surface area contributed by atoms with E-state index in [4.69, 9.17) is 9.47 Å². The second-order valence-corrected chi connectivity index (χ2v) is 5.87. The molecule has 2 atom stereocenters. The van der Waals surface area contributed by atoms with Gasteiger partial charge in [0.2, 0.25) is 0 Å². The van der Waals surface area contributed by atoms with Crippen molar-refractivity contribution in [3.63, 3.8) is 0 Å². The predicted molar refractivity (Wildman–Crippen MR) is 88.3 cm³/mol. The van der Waals surface area contributed by atoms with E-state index in [2.05, 4.69) is 38.0 Å². The summed E-state index contributed by atoms with van der Waals surface area (Å²) in [5, 5.41) is 3.39. The van der Waals surface area contributed by atoms with E-state index in [0.717, 1.165) is 23.6 Å². The van der Waals surface area contributed by atoms with E-state index >= 15 is 0 Å². The first-order chi connectivity index (χ1) is 9.94. The van der Waals surface area contributed by atoms with Gasteiger partial charge in [0.15, 0.2) is 0 Å². The number of benzene rings is 1. The number of hydrogen-bond donors (Lipinski definition) is 1. The van der Waals surface area contributed by atoms with E-state index < -0.39 is 0 Å². The van der Waals surface area contributed by atoms with Crippen LogP contribution < -0.4 is 14.8 Å². The molecule has 0 amide bonds. The molecule has 120 valence electrons. The van der Waals surface area contributed by atoms with Gasteiger partial charge in [0.1, 0.15) is 11.5 Å².